The van der Waals surface area contributed by atoms with E-state index in [2.05, 4.69) is 20.4 Å². The lowest BCUT2D eigenvalue weighted by atomic mass is 10.2. The highest BCUT2D eigenvalue weighted by Crippen LogP contribution is 2.24. The SMILES string of the molecule is CC(NC(=O)c1ccc(=O)n(Cc2ccccc2)n1)c1nc(-c2cccnc2)cs1. The fourth-order valence-corrected chi connectivity index (χ4v) is 3.74. The summed E-state index contributed by atoms with van der Waals surface area (Å²) in [5, 5.41) is 9.85. The van der Waals surface area contributed by atoms with Crippen molar-refractivity contribution in [1.29, 1.82) is 0 Å². The highest BCUT2D eigenvalue weighted by atomic mass is 32.1. The minimum atomic E-state index is -0.359. The molecule has 0 fully saturated rings. The molecule has 8 heteroatoms. The van der Waals surface area contributed by atoms with E-state index in [4.69, 9.17) is 0 Å². The number of nitrogens with one attached hydrogen (secondary N) is 1. The van der Waals surface area contributed by atoms with Gasteiger partial charge in [0, 0.05) is 29.4 Å². The molecule has 7 nitrogen and oxygen atoms in total. The summed E-state index contributed by atoms with van der Waals surface area (Å²) in [4.78, 5) is 33.5. The number of benzene rings is 1. The van der Waals surface area contributed by atoms with E-state index in [1.54, 1.807) is 12.4 Å². The van der Waals surface area contributed by atoms with Gasteiger partial charge in [0.1, 0.15) is 10.7 Å². The normalized spacial score (nSPS) is 11.8. The highest BCUT2D eigenvalue weighted by molar-refractivity contribution is 7.10. The fraction of sp³-hybridized carbons (Fsp3) is 0.136. The van der Waals surface area contributed by atoms with Crippen LogP contribution in [0.4, 0.5) is 0 Å². The van der Waals surface area contributed by atoms with Crippen molar-refractivity contribution in [3.8, 4) is 11.3 Å². The van der Waals surface area contributed by atoms with Crippen LogP contribution in [-0.2, 0) is 6.54 Å². The van der Waals surface area contributed by atoms with Crippen molar-refractivity contribution in [3.63, 3.8) is 0 Å². The highest BCUT2D eigenvalue weighted by Gasteiger charge is 2.17. The predicted octanol–water partition coefficient (Wildman–Crippen LogP) is 3.30. The zero-order valence-corrected chi connectivity index (χ0v) is 17.0. The molecule has 1 N–H and O–H groups in total. The summed E-state index contributed by atoms with van der Waals surface area (Å²) in [7, 11) is 0. The number of amides is 1. The number of carbonyl (C=O) groups excluding carboxylic acids is 1. The summed E-state index contributed by atoms with van der Waals surface area (Å²) >= 11 is 1.47. The molecule has 1 atom stereocenters. The maximum atomic E-state index is 12.7. The van der Waals surface area contributed by atoms with Crippen LogP contribution >= 0.6 is 11.3 Å². The Morgan fingerprint density at radius 1 is 1.13 bits per heavy atom. The van der Waals surface area contributed by atoms with Crippen LogP contribution in [0.1, 0.15) is 34.0 Å². The van der Waals surface area contributed by atoms with Crippen LogP contribution in [0.15, 0.2) is 77.2 Å². The number of hydrogen-bond acceptors (Lipinski definition) is 6. The molecule has 4 rings (SSSR count). The van der Waals surface area contributed by atoms with Crippen molar-refractivity contribution in [2.24, 2.45) is 0 Å². The van der Waals surface area contributed by atoms with Gasteiger partial charge >= 0.3 is 0 Å². The third-order valence-electron chi connectivity index (χ3n) is 4.47. The average molecular weight is 417 g/mol. The van der Waals surface area contributed by atoms with Crippen molar-refractivity contribution < 1.29 is 4.79 Å². The van der Waals surface area contributed by atoms with Gasteiger partial charge in [0.05, 0.1) is 18.3 Å². The number of rotatable bonds is 6. The molecule has 0 spiro atoms. The molecule has 150 valence electrons. The topological polar surface area (TPSA) is 89.8 Å². The number of aromatic nitrogens is 4. The molecule has 3 heterocycles. The monoisotopic (exact) mass is 417 g/mol. The van der Waals surface area contributed by atoms with Crippen LogP contribution in [0, 0.1) is 0 Å². The number of carbonyl (C=O) groups is 1. The smallest absolute Gasteiger partial charge is 0.272 e. The Labute approximate surface area is 177 Å². The maximum Gasteiger partial charge on any atom is 0.272 e. The molecule has 0 bridgehead atoms. The molecule has 0 aliphatic heterocycles. The van der Waals surface area contributed by atoms with E-state index in [0.717, 1.165) is 21.8 Å². The molecular weight excluding hydrogens is 398 g/mol. The minimum absolute atomic E-state index is 0.182. The average Bonchev–Trinajstić information content (AvgIpc) is 3.27. The first-order chi connectivity index (χ1) is 14.6. The second-order valence-corrected chi connectivity index (χ2v) is 7.60. The molecule has 1 aromatic carbocycles. The van der Waals surface area contributed by atoms with Crippen molar-refractivity contribution in [2.45, 2.75) is 19.5 Å². The summed E-state index contributed by atoms with van der Waals surface area (Å²) in [5.41, 5.74) is 2.60. The number of hydrogen-bond donors (Lipinski definition) is 1. The Morgan fingerprint density at radius 2 is 1.97 bits per heavy atom. The van der Waals surface area contributed by atoms with Gasteiger partial charge in [0.2, 0.25) is 0 Å². The van der Waals surface area contributed by atoms with E-state index < -0.39 is 0 Å². The number of nitrogens with zero attached hydrogens (tertiary/aromatic N) is 4. The number of pyridine rings is 1. The molecule has 1 unspecified atom stereocenters. The first-order valence-corrected chi connectivity index (χ1v) is 10.3. The Bertz CT molecular complexity index is 1200. The van der Waals surface area contributed by atoms with Crippen molar-refractivity contribution in [3.05, 3.63) is 99.0 Å². The Morgan fingerprint density at radius 3 is 2.73 bits per heavy atom. The van der Waals surface area contributed by atoms with E-state index in [1.807, 2.05) is 54.8 Å². The lowest BCUT2D eigenvalue weighted by Gasteiger charge is -2.12. The zero-order chi connectivity index (χ0) is 20.9. The van der Waals surface area contributed by atoms with Crippen molar-refractivity contribution in [2.75, 3.05) is 0 Å². The van der Waals surface area contributed by atoms with Gasteiger partial charge in [0.25, 0.3) is 11.5 Å². The summed E-state index contributed by atoms with van der Waals surface area (Å²) in [6.45, 7) is 2.17. The van der Waals surface area contributed by atoms with E-state index in [0.29, 0.717) is 6.54 Å². The second kappa shape index (κ2) is 8.79. The maximum absolute atomic E-state index is 12.7. The first kappa shape index (κ1) is 19.7. The molecule has 0 aliphatic carbocycles. The second-order valence-electron chi connectivity index (χ2n) is 6.71. The zero-order valence-electron chi connectivity index (χ0n) is 16.2. The van der Waals surface area contributed by atoms with Gasteiger partial charge < -0.3 is 5.32 Å². The van der Waals surface area contributed by atoms with Gasteiger partial charge in [-0.3, -0.25) is 14.6 Å². The van der Waals surface area contributed by atoms with Crippen molar-refractivity contribution in [1.82, 2.24) is 25.1 Å². The van der Waals surface area contributed by atoms with Gasteiger partial charge in [-0.1, -0.05) is 30.3 Å². The third kappa shape index (κ3) is 4.49. The summed E-state index contributed by atoms with van der Waals surface area (Å²) in [5.74, 6) is -0.359. The first-order valence-electron chi connectivity index (χ1n) is 9.39. The summed E-state index contributed by atoms with van der Waals surface area (Å²) in [6, 6.07) is 15.8. The number of thiazole rings is 1. The summed E-state index contributed by atoms with van der Waals surface area (Å²) < 4.78 is 1.29. The van der Waals surface area contributed by atoms with Crippen LogP contribution in [0.25, 0.3) is 11.3 Å². The standard InChI is InChI=1S/C22H19N5O2S/c1-15(22-25-19(14-30-22)17-8-5-11-23-12-17)24-21(29)18-9-10-20(28)27(26-18)13-16-6-3-2-4-7-16/h2-12,14-15H,13H2,1H3,(H,24,29). The molecular formula is C22H19N5O2S. The van der Waals surface area contributed by atoms with Gasteiger partial charge in [-0.05, 0) is 30.7 Å². The Hall–Kier alpha value is -3.65. The molecule has 0 saturated carbocycles. The van der Waals surface area contributed by atoms with Crippen LogP contribution < -0.4 is 10.9 Å². The quantitative estimate of drug-likeness (QED) is 0.520. The summed E-state index contributed by atoms with van der Waals surface area (Å²) in [6.07, 6.45) is 3.46. The molecule has 4 aromatic rings. The molecule has 0 aliphatic rings. The van der Waals surface area contributed by atoms with Crippen LogP contribution in [-0.4, -0.2) is 25.7 Å². The minimum Gasteiger partial charge on any atom is -0.342 e. The van der Waals surface area contributed by atoms with Crippen molar-refractivity contribution >= 4 is 17.2 Å². The lowest BCUT2D eigenvalue weighted by Crippen LogP contribution is -2.31. The Balaban J connectivity index is 1.48. The molecule has 30 heavy (non-hydrogen) atoms. The molecule has 0 radical (unpaired) electrons. The molecule has 3 aromatic heterocycles. The van der Waals surface area contributed by atoms with Gasteiger partial charge in [0.15, 0.2) is 0 Å². The van der Waals surface area contributed by atoms with E-state index >= 15 is 0 Å². The fourth-order valence-electron chi connectivity index (χ4n) is 2.91. The van der Waals surface area contributed by atoms with Crippen LogP contribution in [0.2, 0.25) is 0 Å². The van der Waals surface area contributed by atoms with Gasteiger partial charge in [-0.15, -0.1) is 11.3 Å². The van der Waals surface area contributed by atoms with Crippen LogP contribution in [0.3, 0.4) is 0 Å². The van der Waals surface area contributed by atoms with E-state index in [1.165, 1.54) is 28.2 Å². The van der Waals surface area contributed by atoms with Gasteiger partial charge in [-0.2, -0.15) is 5.10 Å². The largest absolute Gasteiger partial charge is 0.342 e. The molecule has 1 amide bonds. The molecule has 0 saturated heterocycles. The van der Waals surface area contributed by atoms with E-state index in [9.17, 15) is 9.59 Å². The van der Waals surface area contributed by atoms with Gasteiger partial charge in [-0.25, -0.2) is 9.67 Å². The Kier molecular flexibility index (Phi) is 5.76. The van der Waals surface area contributed by atoms with Crippen LogP contribution in [0.5, 0.6) is 0 Å². The van der Waals surface area contributed by atoms with E-state index in [-0.39, 0.29) is 23.2 Å². The lowest BCUT2D eigenvalue weighted by molar-refractivity contribution is 0.0932. The predicted molar refractivity (Wildman–Crippen MR) is 115 cm³/mol. The third-order valence-corrected chi connectivity index (χ3v) is 5.50.